The fraction of sp³-hybridized carbons (Fsp3) is 0.619. The highest BCUT2D eigenvalue weighted by Crippen LogP contribution is 2.26. The molecule has 3 N–H and O–H groups in total. The van der Waals surface area contributed by atoms with Gasteiger partial charge in [-0.15, -0.1) is 0 Å². The van der Waals surface area contributed by atoms with E-state index >= 15 is 0 Å². The average Bonchev–Trinajstić information content (AvgIpc) is 3.18. The standard InChI is InChI=1S/C21H33N5O3/c1-2-3-8-22-23-14-17-4-6-18(7-5-17)20-13-19(29-24-20)15-25-9-11-26(12-10-25)16-21(27)28/h4-7,14,19-20,22,24H,2-3,8-13,15-16H2,1H3,(H,27,28). The highest BCUT2D eigenvalue weighted by molar-refractivity contribution is 5.79. The van der Waals surface area contributed by atoms with Crippen LogP contribution in [0.25, 0.3) is 0 Å². The second-order valence-corrected chi connectivity index (χ2v) is 7.80. The van der Waals surface area contributed by atoms with Crippen molar-refractivity contribution in [2.75, 3.05) is 45.8 Å². The van der Waals surface area contributed by atoms with Gasteiger partial charge in [-0.3, -0.25) is 19.4 Å². The molecule has 0 bridgehead atoms. The smallest absolute Gasteiger partial charge is 0.317 e. The van der Waals surface area contributed by atoms with Crippen molar-refractivity contribution in [1.82, 2.24) is 20.7 Å². The van der Waals surface area contributed by atoms with Crippen LogP contribution in [-0.2, 0) is 9.63 Å². The number of benzene rings is 1. The summed E-state index contributed by atoms with van der Waals surface area (Å²) in [5, 5.41) is 13.1. The normalized spacial score (nSPS) is 23.6. The molecule has 0 radical (unpaired) electrons. The Bertz CT molecular complexity index is 659. The number of carboxylic acid groups (broad SMARTS) is 1. The van der Waals surface area contributed by atoms with Crippen molar-refractivity contribution >= 4 is 12.2 Å². The van der Waals surface area contributed by atoms with Crippen molar-refractivity contribution in [3.63, 3.8) is 0 Å². The predicted octanol–water partition coefficient (Wildman–Crippen LogP) is 1.45. The van der Waals surface area contributed by atoms with E-state index in [1.54, 1.807) is 0 Å². The van der Waals surface area contributed by atoms with Gasteiger partial charge in [-0.2, -0.15) is 10.6 Å². The van der Waals surface area contributed by atoms with Crippen LogP contribution in [-0.4, -0.2) is 79.0 Å². The Morgan fingerprint density at radius 1 is 1.28 bits per heavy atom. The van der Waals surface area contributed by atoms with Crippen LogP contribution >= 0.6 is 0 Å². The summed E-state index contributed by atoms with van der Waals surface area (Å²) in [6.45, 7) is 7.45. The third-order valence-corrected chi connectivity index (χ3v) is 5.45. The van der Waals surface area contributed by atoms with E-state index < -0.39 is 5.97 Å². The summed E-state index contributed by atoms with van der Waals surface area (Å²) in [7, 11) is 0. The van der Waals surface area contributed by atoms with Crippen molar-refractivity contribution in [2.45, 2.75) is 38.3 Å². The van der Waals surface area contributed by atoms with Crippen molar-refractivity contribution < 1.29 is 14.7 Å². The Hall–Kier alpha value is -2.00. The number of carboxylic acids is 1. The van der Waals surface area contributed by atoms with E-state index in [4.69, 9.17) is 9.94 Å². The molecule has 2 aliphatic rings. The Morgan fingerprint density at radius 3 is 2.69 bits per heavy atom. The van der Waals surface area contributed by atoms with Gasteiger partial charge in [0.25, 0.3) is 0 Å². The molecular formula is C21H33N5O3. The van der Waals surface area contributed by atoms with Gasteiger partial charge in [-0.25, -0.2) is 0 Å². The first-order valence-electron chi connectivity index (χ1n) is 10.6. The molecule has 0 saturated carbocycles. The number of hydrazone groups is 1. The Morgan fingerprint density at radius 2 is 2.00 bits per heavy atom. The molecule has 2 saturated heterocycles. The van der Waals surface area contributed by atoms with Crippen LogP contribution in [0.5, 0.6) is 0 Å². The van der Waals surface area contributed by atoms with Gasteiger partial charge >= 0.3 is 5.97 Å². The summed E-state index contributed by atoms with van der Waals surface area (Å²) in [4.78, 5) is 21.0. The molecule has 1 aromatic rings. The van der Waals surface area contributed by atoms with Crippen LogP contribution in [0.1, 0.15) is 43.4 Å². The molecule has 3 rings (SSSR count). The molecule has 0 aliphatic carbocycles. The van der Waals surface area contributed by atoms with Crippen LogP contribution in [0.3, 0.4) is 0 Å². The van der Waals surface area contributed by atoms with Crippen molar-refractivity contribution in [3.8, 4) is 0 Å². The van der Waals surface area contributed by atoms with Gasteiger partial charge in [0.15, 0.2) is 0 Å². The number of hydrogen-bond donors (Lipinski definition) is 3. The minimum absolute atomic E-state index is 0.132. The van der Waals surface area contributed by atoms with E-state index in [-0.39, 0.29) is 18.7 Å². The van der Waals surface area contributed by atoms with Crippen LogP contribution in [0, 0.1) is 0 Å². The Kier molecular flexibility index (Phi) is 8.42. The first-order valence-corrected chi connectivity index (χ1v) is 10.6. The molecule has 160 valence electrons. The van der Waals surface area contributed by atoms with Gasteiger partial charge in [-0.05, 0) is 24.0 Å². The van der Waals surface area contributed by atoms with Gasteiger partial charge in [0, 0.05) is 39.3 Å². The molecule has 2 atom stereocenters. The minimum atomic E-state index is -0.755. The predicted molar refractivity (Wildman–Crippen MR) is 113 cm³/mol. The first kappa shape index (κ1) is 21.7. The second-order valence-electron chi connectivity index (χ2n) is 7.80. The number of carbonyl (C=O) groups is 1. The highest BCUT2D eigenvalue weighted by atomic mass is 16.7. The fourth-order valence-electron chi connectivity index (χ4n) is 3.72. The van der Waals surface area contributed by atoms with E-state index in [9.17, 15) is 4.79 Å². The van der Waals surface area contributed by atoms with Crippen molar-refractivity contribution in [3.05, 3.63) is 35.4 Å². The molecule has 29 heavy (non-hydrogen) atoms. The van der Waals surface area contributed by atoms with Crippen molar-refractivity contribution in [2.24, 2.45) is 5.10 Å². The maximum Gasteiger partial charge on any atom is 0.317 e. The van der Waals surface area contributed by atoms with E-state index in [1.165, 1.54) is 5.56 Å². The Balaban J connectivity index is 1.40. The van der Waals surface area contributed by atoms with E-state index in [0.29, 0.717) is 0 Å². The molecule has 2 aliphatic heterocycles. The lowest BCUT2D eigenvalue weighted by Gasteiger charge is -2.34. The van der Waals surface area contributed by atoms with E-state index in [0.717, 1.165) is 64.1 Å². The average molecular weight is 404 g/mol. The van der Waals surface area contributed by atoms with E-state index in [2.05, 4.69) is 52.1 Å². The maximum atomic E-state index is 10.8. The molecule has 8 heteroatoms. The lowest BCUT2D eigenvalue weighted by Crippen LogP contribution is -2.49. The van der Waals surface area contributed by atoms with Gasteiger partial charge < -0.3 is 10.5 Å². The summed E-state index contributed by atoms with van der Waals surface area (Å²) in [6.07, 6.45) is 5.22. The second kappa shape index (κ2) is 11.3. The number of piperazine rings is 1. The molecular weight excluding hydrogens is 370 g/mol. The summed E-state index contributed by atoms with van der Waals surface area (Å²) in [5.41, 5.74) is 8.53. The van der Waals surface area contributed by atoms with Crippen LogP contribution < -0.4 is 10.9 Å². The molecule has 0 spiro atoms. The minimum Gasteiger partial charge on any atom is -0.480 e. The number of rotatable bonds is 10. The van der Waals surface area contributed by atoms with Crippen LogP contribution in [0.15, 0.2) is 29.4 Å². The van der Waals surface area contributed by atoms with E-state index in [1.807, 2.05) is 11.1 Å². The summed E-state index contributed by atoms with van der Waals surface area (Å²) >= 11 is 0. The number of nitrogens with zero attached hydrogens (tertiary/aromatic N) is 3. The fourth-order valence-corrected chi connectivity index (χ4v) is 3.72. The van der Waals surface area contributed by atoms with Gasteiger partial charge in [-0.1, -0.05) is 37.6 Å². The zero-order valence-electron chi connectivity index (χ0n) is 17.2. The number of nitrogens with one attached hydrogen (secondary N) is 2. The number of unbranched alkanes of at least 4 members (excludes halogenated alkanes) is 1. The van der Waals surface area contributed by atoms with Crippen LogP contribution in [0.2, 0.25) is 0 Å². The molecule has 0 amide bonds. The summed E-state index contributed by atoms with van der Waals surface area (Å²) < 4.78 is 0. The molecule has 8 nitrogen and oxygen atoms in total. The van der Waals surface area contributed by atoms with Crippen LogP contribution in [0.4, 0.5) is 0 Å². The third-order valence-electron chi connectivity index (χ3n) is 5.45. The quantitative estimate of drug-likeness (QED) is 0.309. The molecule has 0 aromatic heterocycles. The topological polar surface area (TPSA) is 89.4 Å². The molecule has 1 aromatic carbocycles. The number of hydroxylamine groups is 1. The molecule has 2 unspecified atom stereocenters. The van der Waals surface area contributed by atoms with Gasteiger partial charge in [0.1, 0.15) is 0 Å². The zero-order chi connectivity index (χ0) is 20.5. The third kappa shape index (κ3) is 7.08. The zero-order valence-corrected chi connectivity index (χ0v) is 17.2. The largest absolute Gasteiger partial charge is 0.480 e. The number of aliphatic carboxylic acids is 1. The summed E-state index contributed by atoms with van der Waals surface area (Å²) in [5.74, 6) is -0.755. The molecule has 2 fully saturated rings. The lowest BCUT2D eigenvalue weighted by atomic mass is 10.0. The Labute approximate surface area is 172 Å². The number of hydrogen-bond acceptors (Lipinski definition) is 7. The molecule has 2 heterocycles. The SMILES string of the molecule is CCCCNN=Cc1ccc(C2CC(CN3CCN(CC(=O)O)CC3)ON2)cc1. The first-order chi connectivity index (χ1) is 14.1. The lowest BCUT2D eigenvalue weighted by molar-refractivity contribution is -0.138. The monoisotopic (exact) mass is 403 g/mol. The summed E-state index contributed by atoms with van der Waals surface area (Å²) in [6, 6.07) is 8.61. The maximum absolute atomic E-state index is 10.8. The van der Waals surface area contributed by atoms with Gasteiger partial charge in [0.2, 0.25) is 0 Å². The van der Waals surface area contributed by atoms with Gasteiger partial charge in [0.05, 0.1) is 24.9 Å². The van der Waals surface area contributed by atoms with Crippen molar-refractivity contribution in [1.29, 1.82) is 0 Å². The highest BCUT2D eigenvalue weighted by Gasteiger charge is 2.29.